The van der Waals surface area contributed by atoms with Crippen LogP contribution in [0.5, 0.6) is 0 Å². The van der Waals surface area contributed by atoms with Gasteiger partial charge in [0.1, 0.15) is 35.6 Å². The van der Waals surface area contributed by atoms with E-state index in [-0.39, 0.29) is 35.7 Å². The molecule has 2 saturated carbocycles. The Kier molecular flexibility index (Phi) is 10.2. The van der Waals surface area contributed by atoms with Gasteiger partial charge < -0.3 is 29.3 Å². The third-order valence-electron chi connectivity index (χ3n) is 12.2. The van der Waals surface area contributed by atoms with Crippen LogP contribution in [0.3, 0.4) is 0 Å². The monoisotopic (exact) mass is 669 g/mol. The number of unbranched alkanes of at least 4 members (excludes halogenated alkanes) is 6. The number of aryl methyl sites for hydroxylation is 2. The molecule has 266 valence electrons. The summed E-state index contributed by atoms with van der Waals surface area (Å²) in [5.74, 6) is -2.87. The maximum absolute atomic E-state index is 14.9. The second kappa shape index (κ2) is 13.5. The van der Waals surface area contributed by atoms with Gasteiger partial charge >= 0.3 is 11.9 Å². The number of allylic oxidation sites excluding steroid dienone is 1. The van der Waals surface area contributed by atoms with Crippen LogP contribution in [0.2, 0.25) is 0 Å². The van der Waals surface area contributed by atoms with Crippen molar-refractivity contribution in [2.24, 2.45) is 28.6 Å². The minimum atomic E-state index is -2.33. The number of hydrogen-bond donors (Lipinski definition) is 3. The molecule has 4 aliphatic carbocycles. The molecule has 0 radical (unpaired) electrons. The molecular formula is C38H55NO9. The van der Waals surface area contributed by atoms with Crippen LogP contribution in [0, 0.1) is 28.6 Å². The lowest BCUT2D eigenvalue weighted by Gasteiger charge is -2.48. The van der Waals surface area contributed by atoms with E-state index in [9.17, 15) is 29.7 Å². The molecule has 1 aromatic rings. The number of rotatable bonds is 14. The molecule has 0 unspecified atom stereocenters. The fraction of sp³-hybridized carbons (Fsp3) is 0.737. The normalized spacial score (nSPS) is 34.7. The van der Waals surface area contributed by atoms with Crippen molar-refractivity contribution in [3.8, 4) is 0 Å². The van der Waals surface area contributed by atoms with E-state index in [1.165, 1.54) is 19.3 Å². The summed E-state index contributed by atoms with van der Waals surface area (Å²) in [6.07, 6.45) is 8.90. The standard InChI is InChI=1S/C38H55NO9/c1-8-11-12-13-14-15-16-17-28(40)47-37-20-23(5)36-19-22(4)31(41)38(36,45)32(42)24(18-25(33(36)43)30(37)35(37,6)7)21-46-34(44)29-26(9-2)39-48-27(29)10-3/h18-19,23,25,30-32,41-42,45H,8-17,20-21H2,1-7H3/t23-,25+,30-,31+,32-,36+,37+,38-/m1/s1. The van der Waals surface area contributed by atoms with E-state index in [2.05, 4.69) is 12.1 Å². The van der Waals surface area contributed by atoms with Crippen molar-refractivity contribution in [1.29, 1.82) is 0 Å². The van der Waals surface area contributed by atoms with Crippen molar-refractivity contribution >= 4 is 17.7 Å². The summed E-state index contributed by atoms with van der Waals surface area (Å²) >= 11 is 0. The Morgan fingerprint density at radius 1 is 1.02 bits per heavy atom. The van der Waals surface area contributed by atoms with Crippen molar-refractivity contribution in [3.63, 3.8) is 0 Å². The average molecular weight is 670 g/mol. The molecule has 1 aromatic heterocycles. The van der Waals surface area contributed by atoms with Crippen LogP contribution >= 0.6 is 0 Å². The Hall–Kier alpha value is -2.82. The number of nitrogens with zero attached hydrogens (tertiary/aromatic N) is 1. The van der Waals surface area contributed by atoms with Crippen LogP contribution < -0.4 is 0 Å². The van der Waals surface area contributed by atoms with E-state index in [0.29, 0.717) is 29.9 Å². The van der Waals surface area contributed by atoms with Gasteiger partial charge in [-0.15, -0.1) is 0 Å². The fourth-order valence-electron chi connectivity index (χ4n) is 9.50. The SMILES string of the molecule is CCCCCCCCCC(=O)O[C@@]12C[C@@H](C)[C@]34C=C(C)[C@H](O)[C@@]3(O)[C@H](O)C(COC(=O)c3c(CC)noc3CC)=C[C@H](C4=O)[C@@H]1C2(C)C. The number of aliphatic hydroxyl groups is 3. The number of ether oxygens (including phenoxy) is 2. The van der Waals surface area contributed by atoms with Crippen molar-refractivity contribution in [1.82, 2.24) is 5.16 Å². The number of carbonyl (C=O) groups is 3. The molecule has 0 aromatic carbocycles. The Balaban J connectivity index is 1.47. The second-order valence-electron chi connectivity index (χ2n) is 15.3. The summed E-state index contributed by atoms with van der Waals surface area (Å²) in [6, 6.07) is 0. The topological polar surface area (TPSA) is 156 Å². The number of aromatic nitrogens is 1. The number of Topliss-reactive ketones (excluding diaryl/α,β-unsaturated/α-hetero) is 1. The van der Waals surface area contributed by atoms with E-state index in [1.807, 2.05) is 34.6 Å². The lowest BCUT2D eigenvalue weighted by Crippen LogP contribution is -2.65. The molecule has 1 spiro atoms. The van der Waals surface area contributed by atoms with E-state index in [4.69, 9.17) is 14.0 Å². The van der Waals surface area contributed by atoms with Crippen LogP contribution in [0.25, 0.3) is 0 Å². The Labute approximate surface area is 284 Å². The lowest BCUT2D eigenvalue weighted by molar-refractivity contribution is -0.191. The summed E-state index contributed by atoms with van der Waals surface area (Å²) in [6.45, 7) is 12.9. The molecule has 2 bridgehead atoms. The first-order valence-corrected chi connectivity index (χ1v) is 18.1. The Morgan fingerprint density at radius 2 is 1.69 bits per heavy atom. The zero-order chi connectivity index (χ0) is 35.2. The molecule has 2 fully saturated rings. The van der Waals surface area contributed by atoms with Gasteiger partial charge in [0.15, 0.2) is 11.5 Å². The number of carbonyl (C=O) groups excluding carboxylic acids is 3. The predicted octanol–water partition coefficient (Wildman–Crippen LogP) is 5.60. The zero-order valence-electron chi connectivity index (χ0n) is 29.8. The van der Waals surface area contributed by atoms with Crippen molar-refractivity contribution < 1.29 is 43.7 Å². The summed E-state index contributed by atoms with van der Waals surface area (Å²) in [5, 5.41) is 39.9. The third-order valence-corrected chi connectivity index (χ3v) is 12.2. The zero-order valence-corrected chi connectivity index (χ0v) is 29.8. The minimum absolute atomic E-state index is 0.112. The van der Waals surface area contributed by atoms with E-state index >= 15 is 0 Å². The average Bonchev–Trinajstić information content (AvgIpc) is 3.29. The van der Waals surface area contributed by atoms with Gasteiger partial charge in [0.05, 0.1) is 11.1 Å². The molecule has 8 atom stereocenters. The second-order valence-corrected chi connectivity index (χ2v) is 15.3. The Bertz CT molecular complexity index is 1450. The molecule has 0 saturated heterocycles. The van der Waals surface area contributed by atoms with E-state index in [1.54, 1.807) is 19.1 Å². The molecule has 48 heavy (non-hydrogen) atoms. The van der Waals surface area contributed by atoms with Crippen LogP contribution in [0.1, 0.15) is 128 Å². The van der Waals surface area contributed by atoms with Gasteiger partial charge in [0, 0.05) is 30.1 Å². The number of esters is 2. The molecule has 10 nitrogen and oxygen atoms in total. The molecular weight excluding hydrogens is 614 g/mol. The number of ketones is 1. The van der Waals surface area contributed by atoms with Gasteiger partial charge in [-0.2, -0.15) is 0 Å². The minimum Gasteiger partial charge on any atom is -0.458 e. The molecule has 1 heterocycles. The van der Waals surface area contributed by atoms with Gasteiger partial charge in [-0.25, -0.2) is 4.79 Å². The number of hydrogen-bond acceptors (Lipinski definition) is 10. The molecule has 0 aliphatic heterocycles. The largest absolute Gasteiger partial charge is 0.458 e. The fourth-order valence-corrected chi connectivity index (χ4v) is 9.50. The van der Waals surface area contributed by atoms with Crippen LogP contribution in [0.15, 0.2) is 27.8 Å². The van der Waals surface area contributed by atoms with E-state index < -0.39 is 64.6 Å². The summed E-state index contributed by atoms with van der Waals surface area (Å²) in [4.78, 5) is 41.6. The Morgan fingerprint density at radius 3 is 2.33 bits per heavy atom. The molecule has 3 N–H and O–H groups in total. The maximum Gasteiger partial charge on any atom is 0.344 e. The maximum atomic E-state index is 14.9. The van der Waals surface area contributed by atoms with Gasteiger partial charge in [-0.3, -0.25) is 9.59 Å². The van der Waals surface area contributed by atoms with Crippen molar-refractivity contribution in [2.75, 3.05) is 6.61 Å². The first-order valence-electron chi connectivity index (χ1n) is 18.1. The number of aliphatic hydroxyl groups excluding tert-OH is 2. The quantitative estimate of drug-likeness (QED) is 0.129. The first-order chi connectivity index (χ1) is 22.7. The van der Waals surface area contributed by atoms with Crippen LogP contribution in [0.4, 0.5) is 0 Å². The number of fused-ring (bicyclic) bond motifs is 3. The van der Waals surface area contributed by atoms with Crippen molar-refractivity contribution in [3.05, 3.63) is 40.3 Å². The highest BCUT2D eigenvalue weighted by atomic mass is 16.6. The van der Waals surface area contributed by atoms with Gasteiger partial charge in [0.2, 0.25) is 0 Å². The molecule has 10 heteroatoms. The summed E-state index contributed by atoms with van der Waals surface area (Å²) in [5.41, 5.74) is -4.40. The van der Waals surface area contributed by atoms with Crippen LogP contribution in [-0.2, 0) is 31.9 Å². The lowest BCUT2D eigenvalue weighted by atomic mass is 9.59. The first kappa shape index (κ1) is 36.5. The summed E-state index contributed by atoms with van der Waals surface area (Å²) in [7, 11) is 0. The van der Waals surface area contributed by atoms with E-state index in [0.717, 1.165) is 25.7 Å². The molecule has 4 aliphatic rings. The highest BCUT2D eigenvalue weighted by Gasteiger charge is 2.83. The summed E-state index contributed by atoms with van der Waals surface area (Å²) < 4.78 is 17.5. The highest BCUT2D eigenvalue weighted by molar-refractivity contribution is 5.96. The van der Waals surface area contributed by atoms with Crippen LogP contribution in [-0.4, -0.2) is 68.2 Å². The smallest absolute Gasteiger partial charge is 0.344 e. The molecule has 0 amide bonds. The molecule has 5 rings (SSSR count). The van der Waals surface area contributed by atoms with Gasteiger partial charge in [-0.05, 0) is 43.3 Å². The predicted molar refractivity (Wildman–Crippen MR) is 178 cm³/mol. The third kappa shape index (κ3) is 5.41. The van der Waals surface area contributed by atoms with Gasteiger partial charge in [-0.1, -0.05) is 97.4 Å². The van der Waals surface area contributed by atoms with Crippen molar-refractivity contribution in [2.45, 2.75) is 143 Å². The van der Waals surface area contributed by atoms with Gasteiger partial charge in [0.25, 0.3) is 0 Å². The highest BCUT2D eigenvalue weighted by Crippen LogP contribution is 2.75.